The quantitative estimate of drug-likeness (QED) is 0.704. The van der Waals surface area contributed by atoms with Gasteiger partial charge < -0.3 is 9.16 Å². The van der Waals surface area contributed by atoms with Crippen LogP contribution in [0.5, 0.6) is 0 Å². The number of fused-ring (bicyclic) bond motifs is 1. The van der Waals surface area contributed by atoms with Crippen molar-refractivity contribution >= 4 is 14.1 Å². The van der Waals surface area contributed by atoms with Crippen LogP contribution in [0.15, 0.2) is 11.3 Å². The molecule has 3 nitrogen and oxygen atoms in total. The van der Waals surface area contributed by atoms with E-state index in [0.29, 0.717) is 24.7 Å². The molecule has 2 aliphatic rings. The van der Waals surface area contributed by atoms with Crippen LogP contribution in [0.1, 0.15) is 54.4 Å². The Labute approximate surface area is 136 Å². The number of carbonyl (C=O) groups is 1. The number of hydrogen-bond acceptors (Lipinski definition) is 3. The SMILES string of the molecule is CCOC1=C2[C@@H](CC1=O)CC(C)(C)[C@H]2O[Si](C)(C)C(C)(C)C. The molecule has 0 aliphatic heterocycles. The number of allylic oxidation sites excluding steroid dienone is 1. The number of Topliss-reactive ketones (excluding diaryl/α,β-unsaturated/α-hetero) is 1. The van der Waals surface area contributed by atoms with E-state index >= 15 is 0 Å². The van der Waals surface area contributed by atoms with Gasteiger partial charge in [0.15, 0.2) is 19.9 Å². The molecule has 0 aromatic rings. The lowest BCUT2D eigenvalue weighted by molar-refractivity contribution is -0.118. The summed E-state index contributed by atoms with van der Waals surface area (Å²) in [6.07, 6.45) is 1.64. The highest BCUT2D eigenvalue weighted by Gasteiger charge is 2.54. The summed E-state index contributed by atoms with van der Waals surface area (Å²) < 4.78 is 12.5. The first-order valence-corrected chi connectivity index (χ1v) is 11.4. The maximum absolute atomic E-state index is 12.3. The van der Waals surface area contributed by atoms with E-state index < -0.39 is 8.32 Å². The predicted octanol–water partition coefficient (Wildman–Crippen LogP) is 4.69. The molecule has 4 heteroatoms. The van der Waals surface area contributed by atoms with Gasteiger partial charge >= 0.3 is 0 Å². The van der Waals surface area contributed by atoms with E-state index in [1.54, 1.807) is 0 Å². The molecule has 0 amide bonds. The molecule has 126 valence electrons. The van der Waals surface area contributed by atoms with E-state index in [9.17, 15) is 4.79 Å². The maximum atomic E-state index is 12.3. The smallest absolute Gasteiger partial charge is 0.198 e. The average molecular weight is 325 g/mol. The summed E-state index contributed by atoms with van der Waals surface area (Å²) in [5.74, 6) is 1.10. The summed E-state index contributed by atoms with van der Waals surface area (Å²) in [6, 6.07) is 0. The van der Waals surface area contributed by atoms with Crippen LogP contribution in [0.25, 0.3) is 0 Å². The van der Waals surface area contributed by atoms with Crippen LogP contribution in [-0.4, -0.2) is 26.8 Å². The lowest BCUT2D eigenvalue weighted by Crippen LogP contribution is -2.47. The minimum atomic E-state index is -1.89. The lowest BCUT2D eigenvalue weighted by atomic mass is 9.87. The molecule has 0 spiro atoms. The summed E-state index contributed by atoms with van der Waals surface area (Å²) in [7, 11) is -1.89. The first-order chi connectivity index (χ1) is 9.90. The number of hydrogen-bond donors (Lipinski definition) is 0. The van der Waals surface area contributed by atoms with E-state index in [0.717, 1.165) is 12.0 Å². The molecule has 0 aromatic carbocycles. The second-order valence-corrected chi connectivity index (χ2v) is 13.7. The molecule has 2 aliphatic carbocycles. The third-order valence-electron chi connectivity index (χ3n) is 5.66. The van der Waals surface area contributed by atoms with Gasteiger partial charge in [0.25, 0.3) is 0 Å². The highest BCUT2D eigenvalue weighted by Crippen LogP contribution is 2.54. The zero-order valence-electron chi connectivity index (χ0n) is 15.5. The van der Waals surface area contributed by atoms with Crippen LogP contribution in [-0.2, 0) is 14.0 Å². The minimum Gasteiger partial charge on any atom is -0.490 e. The Morgan fingerprint density at radius 1 is 1.27 bits per heavy atom. The van der Waals surface area contributed by atoms with Crippen molar-refractivity contribution in [3.63, 3.8) is 0 Å². The van der Waals surface area contributed by atoms with Crippen molar-refractivity contribution in [3.05, 3.63) is 11.3 Å². The summed E-state index contributed by atoms with van der Waals surface area (Å²) in [4.78, 5) is 12.3. The molecular formula is C18H32O3Si. The van der Waals surface area contributed by atoms with Gasteiger partial charge in [0.05, 0.1) is 12.7 Å². The van der Waals surface area contributed by atoms with Gasteiger partial charge in [-0.05, 0) is 42.8 Å². The number of carbonyl (C=O) groups excluding carboxylic acids is 1. The van der Waals surface area contributed by atoms with Gasteiger partial charge in [0, 0.05) is 12.0 Å². The Balaban J connectivity index is 2.41. The molecule has 0 aromatic heterocycles. The van der Waals surface area contributed by atoms with Crippen molar-refractivity contribution in [3.8, 4) is 0 Å². The van der Waals surface area contributed by atoms with Gasteiger partial charge in [-0.25, -0.2) is 0 Å². The van der Waals surface area contributed by atoms with Crippen LogP contribution < -0.4 is 0 Å². The van der Waals surface area contributed by atoms with Gasteiger partial charge in [-0.1, -0.05) is 34.6 Å². The van der Waals surface area contributed by atoms with Crippen molar-refractivity contribution < 1.29 is 14.0 Å². The van der Waals surface area contributed by atoms with Crippen molar-refractivity contribution in [2.75, 3.05) is 6.61 Å². The topological polar surface area (TPSA) is 35.5 Å². The van der Waals surface area contributed by atoms with Gasteiger partial charge in [0.1, 0.15) is 0 Å². The number of ether oxygens (including phenoxy) is 1. The molecule has 22 heavy (non-hydrogen) atoms. The second kappa shape index (κ2) is 5.48. The Morgan fingerprint density at radius 3 is 2.36 bits per heavy atom. The number of rotatable bonds is 4. The zero-order valence-corrected chi connectivity index (χ0v) is 16.5. The molecule has 0 bridgehead atoms. The normalized spacial score (nSPS) is 28.3. The molecule has 2 atom stereocenters. The predicted molar refractivity (Wildman–Crippen MR) is 92.2 cm³/mol. The molecular weight excluding hydrogens is 292 g/mol. The Kier molecular flexibility index (Phi) is 4.42. The van der Waals surface area contributed by atoms with E-state index in [4.69, 9.17) is 9.16 Å². The fraction of sp³-hybridized carbons (Fsp3) is 0.833. The van der Waals surface area contributed by atoms with Gasteiger partial charge in [-0.2, -0.15) is 0 Å². The molecule has 0 saturated heterocycles. The third kappa shape index (κ3) is 2.92. The van der Waals surface area contributed by atoms with Crippen molar-refractivity contribution in [2.24, 2.45) is 11.3 Å². The molecule has 0 unspecified atom stereocenters. The highest BCUT2D eigenvalue weighted by atomic mass is 28.4. The summed E-state index contributed by atoms with van der Waals surface area (Å²) in [5, 5.41) is 0.163. The van der Waals surface area contributed by atoms with Crippen molar-refractivity contribution in [1.29, 1.82) is 0 Å². The second-order valence-electron chi connectivity index (χ2n) is 8.99. The van der Waals surface area contributed by atoms with Crippen LogP contribution in [0, 0.1) is 11.3 Å². The van der Waals surface area contributed by atoms with Gasteiger partial charge in [0.2, 0.25) is 0 Å². The molecule has 0 N–H and O–H groups in total. The summed E-state index contributed by atoms with van der Waals surface area (Å²) in [5.41, 5.74) is 1.22. The molecule has 2 rings (SSSR count). The highest BCUT2D eigenvalue weighted by molar-refractivity contribution is 6.74. The molecule has 0 radical (unpaired) electrons. The van der Waals surface area contributed by atoms with E-state index in [-0.39, 0.29) is 22.3 Å². The standard InChI is InChI=1S/C18H32O3Si/c1-9-20-15-13(19)10-12-11-18(5,6)16(14(12)15)21-22(7,8)17(2,3)4/h12,16H,9-11H2,1-8H3/t12-,16-/m0/s1. The largest absolute Gasteiger partial charge is 0.490 e. The summed E-state index contributed by atoms with van der Waals surface area (Å²) >= 11 is 0. The molecule has 0 heterocycles. The first kappa shape index (κ1) is 17.7. The van der Waals surface area contributed by atoms with Crippen molar-refractivity contribution in [2.45, 2.75) is 78.6 Å². The fourth-order valence-corrected chi connectivity index (χ4v) is 4.84. The van der Waals surface area contributed by atoms with Gasteiger partial charge in [-0.3, -0.25) is 4.79 Å². The van der Waals surface area contributed by atoms with Gasteiger partial charge in [-0.15, -0.1) is 0 Å². The fourth-order valence-electron chi connectivity index (χ4n) is 3.45. The Hall–Kier alpha value is -0.613. The Bertz CT molecular complexity index is 497. The molecule has 1 fully saturated rings. The van der Waals surface area contributed by atoms with Crippen molar-refractivity contribution in [1.82, 2.24) is 0 Å². The van der Waals surface area contributed by atoms with Crippen LogP contribution in [0.4, 0.5) is 0 Å². The Morgan fingerprint density at radius 2 is 1.86 bits per heavy atom. The van der Waals surface area contributed by atoms with Crippen LogP contribution in [0.3, 0.4) is 0 Å². The lowest BCUT2D eigenvalue weighted by Gasteiger charge is -2.42. The van der Waals surface area contributed by atoms with Crippen LogP contribution >= 0.6 is 0 Å². The van der Waals surface area contributed by atoms with E-state index in [1.807, 2.05) is 6.92 Å². The summed E-state index contributed by atoms with van der Waals surface area (Å²) in [6.45, 7) is 18.4. The van der Waals surface area contributed by atoms with Crippen LogP contribution in [0.2, 0.25) is 18.1 Å². The zero-order chi connectivity index (χ0) is 16.9. The average Bonchev–Trinajstić information content (AvgIpc) is 2.72. The molecule has 1 saturated carbocycles. The monoisotopic (exact) mass is 324 g/mol. The van der Waals surface area contributed by atoms with E-state index in [2.05, 4.69) is 47.7 Å². The first-order valence-electron chi connectivity index (χ1n) is 8.48. The maximum Gasteiger partial charge on any atom is 0.198 e. The number of ketones is 1. The van der Waals surface area contributed by atoms with E-state index in [1.165, 1.54) is 0 Å². The minimum absolute atomic E-state index is 0.0198. The third-order valence-corrected chi connectivity index (χ3v) is 10.1.